The summed E-state index contributed by atoms with van der Waals surface area (Å²) >= 11 is 0. The van der Waals surface area contributed by atoms with Gasteiger partial charge in [-0.15, -0.1) is 0 Å². The first-order valence-corrected chi connectivity index (χ1v) is 14.2. The zero-order valence-electron chi connectivity index (χ0n) is 23.6. The van der Waals surface area contributed by atoms with E-state index in [-0.39, 0.29) is 11.7 Å². The molecule has 1 unspecified atom stereocenters. The molecular weight excluding hydrogens is 543 g/mol. The van der Waals surface area contributed by atoms with E-state index in [0.29, 0.717) is 23.8 Å². The second kappa shape index (κ2) is 12.4. The van der Waals surface area contributed by atoms with Crippen LogP contribution < -0.4 is 5.69 Å². The SMILES string of the molecule is CCOC(=O)C(c1ccccc1)N1CCC(c2ccc(-n3ccn([C@H](C)c4ccc(C(F)(F)F)cc4)c3=O)cc2)CC1. The summed E-state index contributed by atoms with van der Waals surface area (Å²) in [7, 11) is 0. The number of benzene rings is 3. The highest BCUT2D eigenvalue weighted by atomic mass is 19.4. The number of halogens is 3. The van der Waals surface area contributed by atoms with Crippen molar-refractivity contribution in [2.24, 2.45) is 0 Å². The number of alkyl halides is 3. The van der Waals surface area contributed by atoms with Gasteiger partial charge < -0.3 is 4.74 Å². The number of piperidine rings is 1. The Hall–Kier alpha value is -4.11. The third-order valence-corrected chi connectivity index (χ3v) is 8.10. The normalized spacial score (nSPS) is 16.2. The Morgan fingerprint density at radius 1 is 0.905 bits per heavy atom. The lowest BCUT2D eigenvalue weighted by atomic mass is 9.88. The zero-order chi connectivity index (χ0) is 29.9. The molecule has 2 atom stereocenters. The fourth-order valence-corrected chi connectivity index (χ4v) is 5.74. The summed E-state index contributed by atoms with van der Waals surface area (Å²) < 4.78 is 47.3. The van der Waals surface area contributed by atoms with Crippen molar-refractivity contribution >= 4 is 5.97 Å². The average Bonchev–Trinajstić information content (AvgIpc) is 3.38. The number of ether oxygens (including phenoxy) is 1. The number of hydrogen-bond acceptors (Lipinski definition) is 4. The number of carbonyl (C=O) groups is 1. The minimum Gasteiger partial charge on any atom is -0.465 e. The zero-order valence-corrected chi connectivity index (χ0v) is 23.6. The molecule has 1 saturated heterocycles. The van der Waals surface area contributed by atoms with Crippen LogP contribution in [-0.4, -0.2) is 39.7 Å². The number of likely N-dealkylation sites (tertiary alicyclic amines) is 1. The van der Waals surface area contributed by atoms with Gasteiger partial charge in [-0.05, 0) is 86.7 Å². The van der Waals surface area contributed by atoms with Gasteiger partial charge in [-0.2, -0.15) is 13.2 Å². The topological polar surface area (TPSA) is 56.5 Å². The number of esters is 1. The maximum absolute atomic E-state index is 13.2. The van der Waals surface area contributed by atoms with Crippen molar-refractivity contribution in [3.8, 4) is 5.69 Å². The van der Waals surface area contributed by atoms with E-state index in [2.05, 4.69) is 4.90 Å². The number of aromatic nitrogens is 2. The maximum Gasteiger partial charge on any atom is 0.416 e. The van der Waals surface area contributed by atoms with Gasteiger partial charge in [0.25, 0.3) is 0 Å². The molecule has 6 nitrogen and oxygen atoms in total. The van der Waals surface area contributed by atoms with Crippen LogP contribution >= 0.6 is 0 Å². The molecule has 0 spiro atoms. The third-order valence-electron chi connectivity index (χ3n) is 8.10. The Kier molecular flexibility index (Phi) is 8.68. The molecule has 1 aliphatic heterocycles. The van der Waals surface area contributed by atoms with Crippen LogP contribution in [0.2, 0.25) is 0 Å². The molecule has 0 amide bonds. The Morgan fingerprint density at radius 2 is 1.55 bits per heavy atom. The summed E-state index contributed by atoms with van der Waals surface area (Å²) in [5, 5.41) is 0. The van der Waals surface area contributed by atoms with Crippen LogP contribution in [0.25, 0.3) is 5.69 Å². The lowest BCUT2D eigenvalue weighted by molar-refractivity contribution is -0.150. The van der Waals surface area contributed by atoms with Crippen molar-refractivity contribution in [1.82, 2.24) is 14.0 Å². The lowest BCUT2D eigenvalue weighted by Crippen LogP contribution is -2.40. The highest BCUT2D eigenvalue weighted by molar-refractivity contribution is 5.77. The van der Waals surface area contributed by atoms with Crippen LogP contribution in [0.4, 0.5) is 13.2 Å². The van der Waals surface area contributed by atoms with Crippen LogP contribution in [0, 0.1) is 0 Å². The van der Waals surface area contributed by atoms with Gasteiger partial charge in [0.15, 0.2) is 0 Å². The maximum atomic E-state index is 13.2. The molecule has 4 aromatic rings. The Morgan fingerprint density at radius 3 is 2.14 bits per heavy atom. The molecule has 5 rings (SSSR count). The lowest BCUT2D eigenvalue weighted by Gasteiger charge is -2.36. The fourth-order valence-electron chi connectivity index (χ4n) is 5.74. The number of hydrogen-bond donors (Lipinski definition) is 0. The highest BCUT2D eigenvalue weighted by Crippen LogP contribution is 2.34. The molecule has 2 heterocycles. The van der Waals surface area contributed by atoms with E-state index in [1.165, 1.54) is 26.8 Å². The van der Waals surface area contributed by atoms with Crippen molar-refractivity contribution < 1.29 is 22.7 Å². The molecule has 3 aromatic carbocycles. The van der Waals surface area contributed by atoms with Gasteiger partial charge in [0, 0.05) is 12.4 Å². The van der Waals surface area contributed by atoms with E-state index in [9.17, 15) is 22.8 Å². The van der Waals surface area contributed by atoms with Crippen LogP contribution in [0.5, 0.6) is 0 Å². The Balaban J connectivity index is 1.26. The molecule has 1 aliphatic rings. The van der Waals surface area contributed by atoms with Crippen molar-refractivity contribution in [3.63, 3.8) is 0 Å². The van der Waals surface area contributed by atoms with E-state index >= 15 is 0 Å². The molecule has 1 fully saturated rings. The second-order valence-corrected chi connectivity index (χ2v) is 10.6. The average molecular weight is 578 g/mol. The summed E-state index contributed by atoms with van der Waals surface area (Å²) in [5.74, 6) is 0.103. The van der Waals surface area contributed by atoms with Gasteiger partial charge in [0.05, 0.1) is 23.9 Å². The van der Waals surface area contributed by atoms with Gasteiger partial charge in [-0.25, -0.2) is 9.59 Å². The smallest absolute Gasteiger partial charge is 0.416 e. The largest absolute Gasteiger partial charge is 0.465 e. The molecule has 0 bridgehead atoms. The number of nitrogens with zero attached hydrogens (tertiary/aromatic N) is 3. The minimum absolute atomic E-state index is 0.225. The van der Waals surface area contributed by atoms with Crippen molar-refractivity contribution in [2.45, 2.75) is 50.9 Å². The van der Waals surface area contributed by atoms with E-state index < -0.39 is 23.8 Å². The summed E-state index contributed by atoms with van der Waals surface area (Å²) in [6, 6.07) is 21.7. The molecule has 0 radical (unpaired) electrons. The Bertz CT molecular complexity index is 1540. The van der Waals surface area contributed by atoms with Crippen molar-refractivity contribution in [3.05, 3.63) is 124 Å². The number of imidazole rings is 1. The quantitative estimate of drug-likeness (QED) is 0.218. The van der Waals surface area contributed by atoms with E-state index in [1.807, 2.05) is 61.5 Å². The number of carbonyl (C=O) groups excluding carboxylic acids is 1. The molecule has 0 saturated carbocycles. The van der Waals surface area contributed by atoms with Crippen molar-refractivity contribution in [1.29, 1.82) is 0 Å². The van der Waals surface area contributed by atoms with Gasteiger partial charge in [-0.3, -0.25) is 14.0 Å². The van der Waals surface area contributed by atoms with Crippen LogP contribution in [0.1, 0.15) is 66.9 Å². The second-order valence-electron chi connectivity index (χ2n) is 10.6. The van der Waals surface area contributed by atoms with Crippen LogP contribution in [0.15, 0.2) is 96.1 Å². The molecule has 1 aromatic heterocycles. The predicted octanol–water partition coefficient (Wildman–Crippen LogP) is 6.75. The molecule has 0 N–H and O–H groups in total. The highest BCUT2D eigenvalue weighted by Gasteiger charge is 2.33. The minimum atomic E-state index is -4.40. The van der Waals surface area contributed by atoms with Crippen LogP contribution in [0.3, 0.4) is 0 Å². The molecule has 220 valence electrons. The first kappa shape index (κ1) is 29.4. The fraction of sp³-hybridized carbons (Fsp3) is 0.333. The van der Waals surface area contributed by atoms with E-state index in [4.69, 9.17) is 4.74 Å². The first-order valence-electron chi connectivity index (χ1n) is 14.2. The summed E-state index contributed by atoms with van der Waals surface area (Å²) in [5.41, 5.74) is 2.45. The predicted molar refractivity (Wildman–Crippen MR) is 155 cm³/mol. The van der Waals surface area contributed by atoms with Gasteiger partial charge in [-0.1, -0.05) is 54.6 Å². The van der Waals surface area contributed by atoms with Gasteiger partial charge in [0.1, 0.15) is 6.04 Å². The first-order chi connectivity index (χ1) is 20.2. The van der Waals surface area contributed by atoms with E-state index in [1.54, 1.807) is 19.3 Å². The molecule has 9 heteroatoms. The monoisotopic (exact) mass is 577 g/mol. The van der Waals surface area contributed by atoms with Gasteiger partial charge in [0.2, 0.25) is 0 Å². The summed E-state index contributed by atoms with van der Waals surface area (Å²) in [6.07, 6.45) is 0.709. The summed E-state index contributed by atoms with van der Waals surface area (Å²) in [4.78, 5) is 28.2. The summed E-state index contributed by atoms with van der Waals surface area (Å²) in [6.45, 7) is 5.46. The number of rotatable bonds is 8. The standard InChI is InChI=1S/C33H34F3N3O3/c1-3-42-31(40)30(27-7-5-4-6-8-27)37-19-17-26(18-20-37)25-11-15-29(16-12-25)39-22-21-38(32(39)41)23(2)24-9-13-28(14-10-24)33(34,35)36/h4-16,21-23,26,30H,3,17-20H2,1-2H3/t23-,30?/m1/s1. The Labute approximate surface area is 243 Å². The van der Waals surface area contributed by atoms with Gasteiger partial charge >= 0.3 is 17.8 Å². The van der Waals surface area contributed by atoms with E-state index in [0.717, 1.165) is 43.6 Å². The van der Waals surface area contributed by atoms with Crippen LogP contribution in [-0.2, 0) is 15.7 Å². The molecular formula is C33H34F3N3O3. The molecule has 0 aliphatic carbocycles. The molecule has 42 heavy (non-hydrogen) atoms. The van der Waals surface area contributed by atoms with Crippen molar-refractivity contribution in [2.75, 3.05) is 19.7 Å². The third kappa shape index (κ3) is 6.21.